The Balaban J connectivity index is 0.000000380. The molecule has 19 heteroatoms. The molecule has 70 heavy (non-hydrogen) atoms. The van der Waals surface area contributed by atoms with Crippen LogP contribution in [0.1, 0.15) is 161 Å². The molecule has 13 rings (SSSR count). The van der Waals surface area contributed by atoms with E-state index in [0.717, 1.165) is 168 Å². The molecule has 0 aromatic carbocycles. The minimum absolute atomic E-state index is 0.0463. The smallest absolute Gasteiger partial charge is 0.305 e. The van der Waals surface area contributed by atoms with Gasteiger partial charge in [0.1, 0.15) is 33.8 Å². The van der Waals surface area contributed by atoms with Crippen LogP contribution >= 0.6 is 11.8 Å². The van der Waals surface area contributed by atoms with Gasteiger partial charge in [0, 0.05) is 109 Å². The molecule has 9 heterocycles. The van der Waals surface area contributed by atoms with Crippen LogP contribution in [-0.2, 0) is 48.0 Å². The summed E-state index contributed by atoms with van der Waals surface area (Å²) in [7, 11) is -2.55. The maximum atomic E-state index is 10.4. The van der Waals surface area contributed by atoms with Crippen molar-refractivity contribution in [1.82, 2.24) is 26.6 Å². The molecule has 0 aromatic heterocycles. The van der Waals surface area contributed by atoms with Crippen LogP contribution in [0.25, 0.3) is 0 Å². The number of hydrogen-bond acceptors (Lipinski definition) is 17. The van der Waals surface area contributed by atoms with Crippen molar-refractivity contribution in [1.29, 1.82) is 0 Å². The first kappa shape index (κ1) is 64.8. The lowest BCUT2D eigenvalue weighted by atomic mass is 10.4. The van der Waals surface area contributed by atoms with Crippen LogP contribution in [0.4, 0.5) is 0 Å². The molecule has 0 radical (unpaired) electrons. The molecule has 13 aliphatic rings. The number of ether oxygens (including phenoxy) is 3. The van der Waals surface area contributed by atoms with Gasteiger partial charge >= 0.3 is 5.97 Å². The van der Waals surface area contributed by atoms with Gasteiger partial charge in [-0.25, -0.2) is 8.42 Å². The van der Waals surface area contributed by atoms with Gasteiger partial charge in [0.25, 0.3) is 0 Å². The number of amides is 1. The number of nitrogens with one attached hydrogen (secondary N) is 5. The van der Waals surface area contributed by atoms with Crippen molar-refractivity contribution < 1.29 is 46.6 Å². The average Bonchev–Trinajstić information content (AvgIpc) is 4.23. The van der Waals surface area contributed by atoms with Crippen molar-refractivity contribution in [3.05, 3.63) is 12.2 Å². The number of aliphatic imine (C=N–C) groups is 2. The first-order valence-electron chi connectivity index (χ1n) is 26.6. The number of esters is 1. The van der Waals surface area contributed by atoms with Crippen molar-refractivity contribution in [3.8, 4) is 0 Å². The molecule has 9 aliphatic heterocycles. The highest BCUT2D eigenvalue weighted by molar-refractivity contribution is 7.99. The number of carbonyl (C=O) groups is 5. The zero-order valence-corrected chi connectivity index (χ0v) is 44.4. The Labute approximate surface area is 426 Å². The SMILES string of the molecule is C1=CCNC1.C1=NCCN1.C1=NCCO1.C1CC1.C1CCNC1.C1CCOC1.C1CSCN1.O=C1CCCC1.O=C1CCCC1.O=C1CCCC1.O=C1CCCN1.O=C1CCCO1.O=S1(=O)CCCC1. The number of Topliss-reactive ketones (excluding diaryl/α,β-unsaturated/α-hetero) is 3. The number of sulfone groups is 1. The summed E-state index contributed by atoms with van der Waals surface area (Å²) < 4.78 is 35.0. The van der Waals surface area contributed by atoms with E-state index in [4.69, 9.17) is 4.74 Å². The summed E-state index contributed by atoms with van der Waals surface area (Å²) in [5.41, 5.74) is 0. The van der Waals surface area contributed by atoms with E-state index in [1.54, 1.807) is 6.34 Å². The van der Waals surface area contributed by atoms with Crippen LogP contribution < -0.4 is 26.6 Å². The van der Waals surface area contributed by atoms with E-state index >= 15 is 0 Å². The molecule has 0 atom stereocenters. The monoisotopic (exact) mass is 1030 g/mol. The summed E-state index contributed by atoms with van der Waals surface area (Å²) >= 11 is 1.96. The molecule has 0 bridgehead atoms. The topological polar surface area (TPSA) is 232 Å². The molecule has 0 spiro atoms. The van der Waals surface area contributed by atoms with Gasteiger partial charge in [-0.05, 0) is 103 Å². The van der Waals surface area contributed by atoms with Crippen molar-refractivity contribution in [2.24, 2.45) is 9.98 Å². The Morgan fingerprint density at radius 1 is 0.500 bits per heavy atom. The molecule has 404 valence electrons. The van der Waals surface area contributed by atoms with Gasteiger partial charge in [0.15, 0.2) is 6.40 Å². The average molecular weight is 1030 g/mol. The standard InChI is InChI=1S/3C5H8O.C4H7NO.C4H9N.C4H7N.C4H8O2S.C4H6O2.C4H8O.C3H6N2.C3H5NO.C3H7NS.C3H6/c3*6-5-3-1-2-4-5;6-4-2-1-3-5-4;2*1-2-4-5-3-1;5-7(6)3-1-2-4-7;5-4-2-1-3-6-4;1-2-4-5-3-1;3*1-2-5-3-4-1;1-2-3-1/h3*1-4H2;1-3H2,(H,5,6);5H,1-4H2;1-2,5H,3-4H2;1-4H2;1-3H2;1-4H2;3H,1-2H2,(H,4,5);3H,1-2H2;4H,1-3H2;1-3H2. The van der Waals surface area contributed by atoms with Gasteiger partial charge in [-0.1, -0.05) is 31.4 Å². The highest BCUT2D eigenvalue weighted by atomic mass is 32.2. The third-order valence-corrected chi connectivity index (χ3v) is 13.6. The van der Waals surface area contributed by atoms with Crippen molar-refractivity contribution in [3.63, 3.8) is 0 Å². The predicted octanol–water partition coefficient (Wildman–Crippen LogP) is 6.23. The minimum Gasteiger partial charge on any atom is -0.482 e. The zero-order valence-electron chi connectivity index (χ0n) is 42.8. The van der Waals surface area contributed by atoms with Crippen LogP contribution in [-0.4, -0.2) is 159 Å². The Morgan fingerprint density at radius 2 is 1.09 bits per heavy atom. The summed E-state index contributed by atoms with van der Waals surface area (Å²) in [4.78, 5) is 58.5. The van der Waals surface area contributed by atoms with E-state index in [2.05, 4.69) is 58.2 Å². The number of nitrogens with zero attached hydrogens (tertiary/aromatic N) is 2. The van der Waals surface area contributed by atoms with Gasteiger partial charge in [-0.2, -0.15) is 0 Å². The second-order valence-corrected chi connectivity index (χ2v) is 21.2. The van der Waals surface area contributed by atoms with E-state index in [9.17, 15) is 32.4 Å². The summed E-state index contributed by atoms with van der Waals surface area (Å²) in [5, 5.41) is 15.1. The highest BCUT2D eigenvalue weighted by Crippen LogP contribution is 2.15. The van der Waals surface area contributed by atoms with E-state index in [-0.39, 0.29) is 11.9 Å². The fourth-order valence-corrected chi connectivity index (χ4v) is 8.81. The van der Waals surface area contributed by atoms with Crippen LogP contribution in [0.15, 0.2) is 22.1 Å². The normalized spacial score (nSPS) is 22.5. The lowest BCUT2D eigenvalue weighted by Gasteiger charge is -1.81. The molecular formula is C51H93N7O10S2. The zero-order chi connectivity index (χ0) is 50.7. The number of ketones is 3. The summed E-state index contributed by atoms with van der Waals surface area (Å²) in [6.07, 6.45) is 34.3. The molecule has 0 aromatic rings. The molecule has 17 nitrogen and oxygen atoms in total. The molecule has 6 saturated heterocycles. The lowest BCUT2D eigenvalue weighted by molar-refractivity contribution is -0.138. The minimum atomic E-state index is -2.55. The fraction of sp³-hybridized carbons (Fsp3) is 0.824. The lowest BCUT2D eigenvalue weighted by Crippen LogP contribution is -2.12. The Hall–Kier alpha value is -3.23. The fourth-order valence-electron chi connectivity index (χ4n) is 6.59. The van der Waals surface area contributed by atoms with Gasteiger partial charge in [0.05, 0.1) is 37.5 Å². The van der Waals surface area contributed by atoms with Gasteiger partial charge in [-0.15, -0.1) is 11.8 Å². The van der Waals surface area contributed by atoms with Crippen LogP contribution in [0.3, 0.4) is 0 Å². The Bertz CT molecular complexity index is 1250. The van der Waals surface area contributed by atoms with Crippen LogP contribution in [0.2, 0.25) is 0 Å². The molecule has 10 fully saturated rings. The first-order valence-corrected chi connectivity index (χ1v) is 29.6. The quantitative estimate of drug-likeness (QED) is 0.134. The number of thioether (sulfide) groups is 1. The second-order valence-electron chi connectivity index (χ2n) is 17.8. The van der Waals surface area contributed by atoms with E-state index in [0.29, 0.717) is 41.9 Å². The van der Waals surface area contributed by atoms with Crippen LogP contribution in [0, 0.1) is 0 Å². The van der Waals surface area contributed by atoms with Gasteiger partial charge < -0.3 is 40.8 Å². The van der Waals surface area contributed by atoms with E-state index < -0.39 is 9.84 Å². The summed E-state index contributed by atoms with van der Waals surface area (Å²) in [6, 6.07) is 0. The largest absolute Gasteiger partial charge is 0.482 e. The Kier molecular flexibility index (Phi) is 45.7. The first-order chi connectivity index (χ1) is 34.2. The van der Waals surface area contributed by atoms with Crippen molar-refractivity contribution in [2.45, 2.75) is 161 Å². The van der Waals surface area contributed by atoms with Gasteiger partial charge in [-0.3, -0.25) is 34.0 Å². The molecule has 4 saturated carbocycles. The summed E-state index contributed by atoms with van der Waals surface area (Å²) in [6.45, 7) is 13.0. The molecule has 1 amide bonds. The molecule has 0 unspecified atom stereocenters. The van der Waals surface area contributed by atoms with E-state index in [1.165, 1.54) is 82.6 Å². The highest BCUT2D eigenvalue weighted by Gasteiger charge is 2.16. The Morgan fingerprint density at radius 3 is 1.23 bits per heavy atom. The number of carbonyl (C=O) groups excluding carboxylic acids is 5. The number of rotatable bonds is 0. The predicted molar refractivity (Wildman–Crippen MR) is 285 cm³/mol. The third kappa shape index (κ3) is 51.1. The molecular weight excluding hydrogens is 935 g/mol. The van der Waals surface area contributed by atoms with Crippen molar-refractivity contribution >= 4 is 63.6 Å². The van der Waals surface area contributed by atoms with Gasteiger partial charge in [0.2, 0.25) is 5.91 Å². The second kappa shape index (κ2) is 49.4. The van der Waals surface area contributed by atoms with Crippen molar-refractivity contribution in [2.75, 3.05) is 108 Å². The molecule has 5 N–H and O–H groups in total. The maximum Gasteiger partial charge on any atom is 0.305 e. The maximum absolute atomic E-state index is 10.4. The number of cyclic esters (lactones) is 1. The van der Waals surface area contributed by atoms with E-state index in [1.807, 2.05) is 11.8 Å². The molecule has 4 aliphatic carbocycles. The summed E-state index contributed by atoms with van der Waals surface area (Å²) in [5.74, 6) is 4.84. The third-order valence-electron chi connectivity index (χ3n) is 10.8. The van der Waals surface area contributed by atoms with Crippen LogP contribution in [0.5, 0.6) is 0 Å². The number of hydrogen-bond donors (Lipinski definition) is 5.